The molecular formula is C22H25ClN10OS. The van der Waals surface area contributed by atoms with E-state index in [1.165, 1.54) is 16.0 Å². The average molecular weight is 513 g/mol. The van der Waals surface area contributed by atoms with E-state index in [9.17, 15) is 4.79 Å². The van der Waals surface area contributed by atoms with E-state index in [0.717, 1.165) is 52.0 Å². The van der Waals surface area contributed by atoms with Gasteiger partial charge in [-0.1, -0.05) is 0 Å². The monoisotopic (exact) mass is 512 g/mol. The zero-order chi connectivity index (χ0) is 24.7. The molecule has 1 unspecified atom stereocenters. The molecule has 0 saturated carbocycles. The number of carbonyl (C=O) groups excluding carboxylic acids is 1. The SMILES string of the molecule is Cc1csc2c(-n3nc(Nc4cnc5c(c4)CC(NC(=O)CN(C)C)CC5)nc3N)nc(Cl)nc12. The third-order valence-electron chi connectivity index (χ3n) is 5.72. The highest BCUT2D eigenvalue weighted by molar-refractivity contribution is 7.17. The number of carbonyl (C=O) groups is 1. The first-order chi connectivity index (χ1) is 16.8. The number of pyridine rings is 1. The lowest BCUT2D eigenvalue weighted by molar-refractivity contribution is -0.122. The van der Waals surface area contributed by atoms with Crippen LogP contribution in [0.1, 0.15) is 23.2 Å². The molecule has 1 aliphatic rings. The predicted molar refractivity (Wildman–Crippen MR) is 137 cm³/mol. The van der Waals surface area contributed by atoms with Crippen LogP contribution in [0.2, 0.25) is 5.28 Å². The van der Waals surface area contributed by atoms with E-state index < -0.39 is 0 Å². The summed E-state index contributed by atoms with van der Waals surface area (Å²) in [5.41, 5.74) is 10.8. The maximum atomic E-state index is 12.2. The molecule has 4 aromatic heterocycles. The van der Waals surface area contributed by atoms with Crippen molar-refractivity contribution >= 4 is 56.6 Å². The van der Waals surface area contributed by atoms with Gasteiger partial charge < -0.3 is 21.3 Å². The summed E-state index contributed by atoms with van der Waals surface area (Å²) in [6.07, 6.45) is 4.15. The summed E-state index contributed by atoms with van der Waals surface area (Å²) < 4.78 is 2.28. The molecule has 1 amide bonds. The summed E-state index contributed by atoms with van der Waals surface area (Å²) in [5.74, 6) is 0.989. The number of nitrogens with zero attached hydrogens (tertiary/aromatic N) is 7. The standard InChI is InChI=1S/C22H25ClN10OS/c1-11-10-35-18-17(11)28-20(23)29-19(18)33-21(24)30-22(31-33)27-14-7-12-6-13(4-5-15(12)25-8-14)26-16(34)9-32(2)3/h7-8,10,13H,4-6,9H2,1-3H3,(H,26,34)(H3,24,27,30,31). The molecule has 35 heavy (non-hydrogen) atoms. The smallest absolute Gasteiger partial charge is 0.248 e. The van der Waals surface area contributed by atoms with Crippen molar-refractivity contribution in [3.63, 3.8) is 0 Å². The van der Waals surface area contributed by atoms with Gasteiger partial charge in [-0.3, -0.25) is 9.78 Å². The molecule has 182 valence electrons. The second-order valence-corrected chi connectivity index (χ2v) is 10.0. The Morgan fingerprint density at radius 3 is 2.97 bits per heavy atom. The van der Waals surface area contributed by atoms with Crippen LogP contribution in [0.4, 0.5) is 17.6 Å². The number of nitrogens with two attached hydrogens (primary N) is 1. The number of halogens is 1. The Kier molecular flexibility index (Phi) is 6.26. The second-order valence-electron chi connectivity index (χ2n) is 8.82. The molecule has 0 aliphatic heterocycles. The van der Waals surface area contributed by atoms with Crippen LogP contribution < -0.4 is 16.4 Å². The Morgan fingerprint density at radius 2 is 2.17 bits per heavy atom. The number of hydrogen-bond donors (Lipinski definition) is 3. The van der Waals surface area contributed by atoms with Crippen molar-refractivity contribution in [2.24, 2.45) is 0 Å². The fourth-order valence-electron chi connectivity index (χ4n) is 4.17. The quantitative estimate of drug-likeness (QED) is 0.332. The molecule has 1 atom stereocenters. The zero-order valence-corrected chi connectivity index (χ0v) is 21.1. The Hall–Kier alpha value is -3.35. The number of hydrogen-bond acceptors (Lipinski definition) is 10. The molecule has 11 nitrogen and oxygen atoms in total. The van der Waals surface area contributed by atoms with E-state index in [2.05, 4.69) is 35.7 Å². The third kappa shape index (κ3) is 4.90. The maximum absolute atomic E-state index is 12.2. The number of aryl methyl sites for hydroxylation is 2. The number of rotatable bonds is 6. The molecule has 0 saturated heterocycles. The number of anilines is 3. The van der Waals surface area contributed by atoms with Crippen molar-refractivity contribution in [2.75, 3.05) is 31.7 Å². The van der Waals surface area contributed by atoms with Crippen LogP contribution in [-0.2, 0) is 17.6 Å². The lowest BCUT2D eigenvalue weighted by Gasteiger charge is -2.25. The lowest BCUT2D eigenvalue weighted by Crippen LogP contribution is -2.42. The van der Waals surface area contributed by atoms with Crippen molar-refractivity contribution in [2.45, 2.75) is 32.2 Å². The molecule has 4 heterocycles. The molecule has 0 fully saturated rings. The molecule has 0 radical (unpaired) electrons. The van der Waals surface area contributed by atoms with Crippen molar-refractivity contribution in [3.8, 4) is 5.82 Å². The summed E-state index contributed by atoms with van der Waals surface area (Å²) in [6, 6.07) is 2.10. The number of fused-ring (bicyclic) bond motifs is 2. The number of likely N-dealkylation sites (N-methyl/N-ethyl adjacent to an activating group) is 1. The van der Waals surface area contributed by atoms with Crippen LogP contribution in [0.5, 0.6) is 0 Å². The van der Waals surface area contributed by atoms with Gasteiger partial charge in [0.05, 0.1) is 28.6 Å². The Bertz CT molecular complexity index is 1410. The van der Waals surface area contributed by atoms with Gasteiger partial charge in [-0.25, -0.2) is 4.98 Å². The second kappa shape index (κ2) is 9.36. The topological polar surface area (TPSA) is 140 Å². The van der Waals surface area contributed by atoms with Gasteiger partial charge in [0.1, 0.15) is 0 Å². The summed E-state index contributed by atoms with van der Waals surface area (Å²) in [5, 5.41) is 12.9. The summed E-state index contributed by atoms with van der Waals surface area (Å²) in [6.45, 7) is 2.33. The summed E-state index contributed by atoms with van der Waals surface area (Å²) in [4.78, 5) is 31.6. The third-order valence-corrected chi connectivity index (χ3v) is 6.97. The van der Waals surface area contributed by atoms with E-state index >= 15 is 0 Å². The number of nitrogens with one attached hydrogen (secondary N) is 2. The van der Waals surface area contributed by atoms with Crippen molar-refractivity contribution < 1.29 is 4.79 Å². The minimum atomic E-state index is 0.0239. The molecular weight excluding hydrogens is 488 g/mol. The molecule has 0 spiro atoms. The van der Waals surface area contributed by atoms with Crippen LogP contribution in [0.15, 0.2) is 17.6 Å². The van der Waals surface area contributed by atoms with Gasteiger partial charge in [0.15, 0.2) is 5.82 Å². The number of aromatic nitrogens is 6. The van der Waals surface area contributed by atoms with Crippen LogP contribution >= 0.6 is 22.9 Å². The zero-order valence-electron chi connectivity index (χ0n) is 19.5. The van der Waals surface area contributed by atoms with E-state index in [0.29, 0.717) is 18.3 Å². The first-order valence-corrected chi connectivity index (χ1v) is 12.4. The lowest BCUT2D eigenvalue weighted by atomic mass is 9.91. The number of thiophene rings is 1. The molecule has 13 heteroatoms. The van der Waals surface area contributed by atoms with Gasteiger partial charge in [0.2, 0.25) is 23.1 Å². The molecule has 4 N–H and O–H groups in total. The molecule has 0 bridgehead atoms. The van der Waals surface area contributed by atoms with Gasteiger partial charge in [0.25, 0.3) is 0 Å². The van der Waals surface area contributed by atoms with Crippen molar-refractivity contribution in [1.82, 2.24) is 39.9 Å². The molecule has 4 aromatic rings. The van der Waals surface area contributed by atoms with Crippen LogP contribution in [-0.4, -0.2) is 67.2 Å². The highest BCUT2D eigenvalue weighted by atomic mass is 35.5. The van der Waals surface area contributed by atoms with Crippen molar-refractivity contribution in [1.29, 1.82) is 0 Å². The summed E-state index contributed by atoms with van der Waals surface area (Å²) in [7, 11) is 3.76. The first kappa shape index (κ1) is 23.4. The largest absolute Gasteiger partial charge is 0.368 e. The molecule has 5 rings (SSSR count). The Labute approximate surface area is 210 Å². The minimum Gasteiger partial charge on any atom is -0.368 e. The number of amides is 1. The Balaban J connectivity index is 1.36. The van der Waals surface area contributed by atoms with Gasteiger partial charge in [-0.2, -0.15) is 14.6 Å². The maximum Gasteiger partial charge on any atom is 0.248 e. The average Bonchev–Trinajstić information content (AvgIpc) is 3.34. The Morgan fingerprint density at radius 1 is 1.34 bits per heavy atom. The van der Waals surface area contributed by atoms with Gasteiger partial charge in [0, 0.05) is 11.7 Å². The fourth-order valence-corrected chi connectivity index (χ4v) is 5.29. The molecule has 1 aliphatic carbocycles. The molecule has 0 aromatic carbocycles. The van der Waals surface area contributed by atoms with Crippen molar-refractivity contribution in [3.05, 3.63) is 39.7 Å². The van der Waals surface area contributed by atoms with E-state index in [-0.39, 0.29) is 23.2 Å². The summed E-state index contributed by atoms with van der Waals surface area (Å²) >= 11 is 7.65. The van der Waals surface area contributed by atoms with Gasteiger partial charge in [-0.05, 0) is 74.5 Å². The van der Waals surface area contributed by atoms with E-state index in [4.69, 9.17) is 17.3 Å². The van der Waals surface area contributed by atoms with Gasteiger partial charge >= 0.3 is 0 Å². The minimum absolute atomic E-state index is 0.0239. The van der Waals surface area contributed by atoms with Crippen LogP contribution in [0, 0.1) is 6.92 Å². The van der Waals surface area contributed by atoms with E-state index in [1.54, 1.807) is 6.20 Å². The van der Waals surface area contributed by atoms with Crippen LogP contribution in [0.3, 0.4) is 0 Å². The van der Waals surface area contributed by atoms with E-state index in [1.807, 2.05) is 37.4 Å². The highest BCUT2D eigenvalue weighted by Gasteiger charge is 2.22. The first-order valence-electron chi connectivity index (χ1n) is 11.1. The number of nitrogen functional groups attached to an aromatic ring is 1. The normalized spacial score (nSPS) is 15.4. The highest BCUT2D eigenvalue weighted by Crippen LogP contribution is 2.31. The fraction of sp³-hybridized carbons (Fsp3) is 0.364. The predicted octanol–water partition coefficient (Wildman–Crippen LogP) is 2.49. The van der Waals surface area contributed by atoms with Crippen LogP contribution in [0.25, 0.3) is 16.0 Å². The van der Waals surface area contributed by atoms with Gasteiger partial charge in [-0.15, -0.1) is 16.4 Å².